The van der Waals surface area contributed by atoms with Crippen LogP contribution in [0.4, 0.5) is 5.82 Å². The summed E-state index contributed by atoms with van der Waals surface area (Å²) in [5.41, 5.74) is 1.04. The highest BCUT2D eigenvalue weighted by molar-refractivity contribution is 5.41. The van der Waals surface area contributed by atoms with Gasteiger partial charge in [0.05, 0.1) is 12.2 Å². The molecule has 0 unspecified atom stereocenters. The minimum Gasteiger partial charge on any atom is -0.373 e. The summed E-state index contributed by atoms with van der Waals surface area (Å²) in [4.78, 5) is 13.7. The highest BCUT2D eigenvalue weighted by Gasteiger charge is 2.30. The Balaban J connectivity index is 1.67. The van der Waals surface area contributed by atoms with Crippen LogP contribution in [0.2, 0.25) is 0 Å². The van der Waals surface area contributed by atoms with Crippen LogP contribution in [0, 0.1) is 6.92 Å². The lowest BCUT2D eigenvalue weighted by Crippen LogP contribution is -2.50. The third-order valence-electron chi connectivity index (χ3n) is 4.42. The van der Waals surface area contributed by atoms with Crippen molar-refractivity contribution < 1.29 is 4.74 Å². The maximum absolute atomic E-state index is 5.83. The molecule has 3 atom stereocenters. The minimum absolute atomic E-state index is 0.338. The fraction of sp³-hybridized carbons (Fsp3) is 0.750. The van der Waals surface area contributed by atoms with Crippen molar-refractivity contribution in [1.82, 2.24) is 14.9 Å². The van der Waals surface area contributed by atoms with Gasteiger partial charge in [-0.15, -0.1) is 0 Å². The highest BCUT2D eigenvalue weighted by atomic mass is 16.5. The Morgan fingerprint density at radius 3 is 2.71 bits per heavy atom. The molecule has 2 fully saturated rings. The number of morpholine rings is 1. The third-order valence-corrected chi connectivity index (χ3v) is 4.42. The topological polar surface area (TPSA) is 41.5 Å². The van der Waals surface area contributed by atoms with Gasteiger partial charge in [-0.1, -0.05) is 0 Å². The van der Waals surface area contributed by atoms with Gasteiger partial charge in [0.25, 0.3) is 0 Å². The Labute approximate surface area is 127 Å². The first-order valence-corrected chi connectivity index (χ1v) is 8.05. The zero-order valence-electron chi connectivity index (χ0n) is 13.3. The average Bonchev–Trinajstić information content (AvgIpc) is 2.85. The molecule has 5 nitrogen and oxygen atoms in total. The van der Waals surface area contributed by atoms with Crippen molar-refractivity contribution in [3.8, 4) is 0 Å². The monoisotopic (exact) mass is 290 g/mol. The van der Waals surface area contributed by atoms with E-state index in [0.717, 1.165) is 37.7 Å². The van der Waals surface area contributed by atoms with Gasteiger partial charge in [0.1, 0.15) is 12.1 Å². The van der Waals surface area contributed by atoms with Crippen molar-refractivity contribution in [3.63, 3.8) is 0 Å². The van der Waals surface area contributed by atoms with Gasteiger partial charge >= 0.3 is 0 Å². The van der Waals surface area contributed by atoms with Crippen LogP contribution in [0.5, 0.6) is 0 Å². The fourth-order valence-electron chi connectivity index (χ4n) is 3.66. The van der Waals surface area contributed by atoms with Crippen LogP contribution in [0.3, 0.4) is 0 Å². The molecule has 0 aliphatic carbocycles. The zero-order chi connectivity index (χ0) is 14.8. The van der Waals surface area contributed by atoms with E-state index in [1.165, 1.54) is 12.8 Å². The maximum atomic E-state index is 5.83. The summed E-state index contributed by atoms with van der Waals surface area (Å²) < 4.78 is 5.83. The Kier molecular flexibility index (Phi) is 4.40. The van der Waals surface area contributed by atoms with Crippen LogP contribution in [-0.2, 0) is 4.74 Å². The second-order valence-corrected chi connectivity index (χ2v) is 6.48. The molecule has 116 valence electrons. The van der Waals surface area contributed by atoms with Crippen LogP contribution < -0.4 is 4.90 Å². The van der Waals surface area contributed by atoms with Crippen molar-refractivity contribution in [1.29, 1.82) is 0 Å². The first kappa shape index (κ1) is 14.7. The second kappa shape index (κ2) is 6.28. The molecule has 0 saturated carbocycles. The first-order chi connectivity index (χ1) is 10.1. The zero-order valence-corrected chi connectivity index (χ0v) is 13.3. The summed E-state index contributed by atoms with van der Waals surface area (Å²) >= 11 is 0. The number of hydrogen-bond acceptors (Lipinski definition) is 5. The van der Waals surface area contributed by atoms with Gasteiger partial charge in [-0.2, -0.15) is 0 Å². The number of rotatable bonds is 3. The molecule has 2 aliphatic rings. The van der Waals surface area contributed by atoms with E-state index >= 15 is 0 Å². The van der Waals surface area contributed by atoms with E-state index in [1.54, 1.807) is 6.33 Å². The lowest BCUT2D eigenvalue weighted by molar-refractivity contribution is -0.0689. The molecule has 1 aromatic rings. The van der Waals surface area contributed by atoms with E-state index in [0.29, 0.717) is 18.2 Å². The molecule has 5 heteroatoms. The number of aromatic nitrogens is 2. The smallest absolute Gasteiger partial charge is 0.132 e. The van der Waals surface area contributed by atoms with Gasteiger partial charge in [0, 0.05) is 44.0 Å². The maximum Gasteiger partial charge on any atom is 0.132 e. The molecule has 1 aromatic heterocycles. The molecule has 0 radical (unpaired) electrons. The van der Waals surface area contributed by atoms with Gasteiger partial charge in [0.15, 0.2) is 0 Å². The van der Waals surface area contributed by atoms with Crippen molar-refractivity contribution in [2.24, 2.45) is 0 Å². The summed E-state index contributed by atoms with van der Waals surface area (Å²) in [5, 5.41) is 0. The van der Waals surface area contributed by atoms with Crippen LogP contribution >= 0.6 is 0 Å². The number of aryl methyl sites for hydroxylation is 1. The second-order valence-electron chi connectivity index (χ2n) is 6.48. The summed E-state index contributed by atoms with van der Waals surface area (Å²) in [7, 11) is 0. The summed E-state index contributed by atoms with van der Waals surface area (Å²) in [6, 6.07) is 2.67. The first-order valence-electron chi connectivity index (χ1n) is 8.05. The van der Waals surface area contributed by atoms with E-state index in [-0.39, 0.29) is 0 Å². The molecule has 3 heterocycles. The van der Waals surface area contributed by atoms with Gasteiger partial charge in [-0.05, 0) is 33.6 Å². The number of anilines is 1. The Morgan fingerprint density at radius 2 is 2.00 bits per heavy atom. The molecule has 0 spiro atoms. The number of ether oxygens (including phenoxy) is 1. The van der Waals surface area contributed by atoms with Crippen LogP contribution in [-0.4, -0.2) is 59.3 Å². The summed E-state index contributed by atoms with van der Waals surface area (Å²) in [6.45, 7) is 10.7. The predicted octanol–water partition coefficient (Wildman–Crippen LogP) is 1.86. The predicted molar refractivity (Wildman–Crippen MR) is 83.6 cm³/mol. The third kappa shape index (κ3) is 3.52. The van der Waals surface area contributed by atoms with E-state index in [1.807, 2.05) is 6.92 Å². The van der Waals surface area contributed by atoms with E-state index < -0.39 is 0 Å². The normalized spacial score (nSPS) is 30.8. The Hall–Kier alpha value is -1.20. The quantitative estimate of drug-likeness (QED) is 0.850. The Morgan fingerprint density at radius 1 is 1.24 bits per heavy atom. The highest BCUT2D eigenvalue weighted by Crippen LogP contribution is 2.25. The van der Waals surface area contributed by atoms with Crippen molar-refractivity contribution in [3.05, 3.63) is 18.1 Å². The molecule has 2 saturated heterocycles. The van der Waals surface area contributed by atoms with E-state index in [4.69, 9.17) is 4.74 Å². The molecular weight excluding hydrogens is 264 g/mol. The number of nitrogens with zero attached hydrogens (tertiary/aromatic N) is 4. The van der Waals surface area contributed by atoms with Gasteiger partial charge in [0.2, 0.25) is 0 Å². The lowest BCUT2D eigenvalue weighted by atomic mass is 10.1. The summed E-state index contributed by atoms with van der Waals surface area (Å²) in [6.07, 6.45) is 4.86. The van der Waals surface area contributed by atoms with Gasteiger partial charge in [-0.3, -0.25) is 4.90 Å². The fourth-order valence-corrected chi connectivity index (χ4v) is 3.66. The van der Waals surface area contributed by atoms with Crippen LogP contribution in [0.25, 0.3) is 0 Å². The molecule has 0 amide bonds. The van der Waals surface area contributed by atoms with Crippen LogP contribution in [0.15, 0.2) is 12.4 Å². The molecule has 0 aromatic carbocycles. The van der Waals surface area contributed by atoms with Gasteiger partial charge in [-0.25, -0.2) is 9.97 Å². The lowest BCUT2D eigenvalue weighted by Gasteiger charge is -2.38. The van der Waals surface area contributed by atoms with E-state index in [9.17, 15) is 0 Å². The molecule has 0 bridgehead atoms. The Bertz CT molecular complexity index is 471. The molecule has 2 aliphatic heterocycles. The average molecular weight is 290 g/mol. The molecule has 3 rings (SSSR count). The van der Waals surface area contributed by atoms with Crippen molar-refractivity contribution in [2.45, 2.75) is 51.9 Å². The molecule has 0 N–H and O–H groups in total. The van der Waals surface area contributed by atoms with Crippen molar-refractivity contribution in [2.75, 3.05) is 31.1 Å². The van der Waals surface area contributed by atoms with Crippen molar-refractivity contribution >= 4 is 5.82 Å². The largest absolute Gasteiger partial charge is 0.373 e. The number of hydrogen-bond donors (Lipinski definition) is 0. The van der Waals surface area contributed by atoms with Crippen LogP contribution in [0.1, 0.15) is 32.4 Å². The summed E-state index contributed by atoms with van der Waals surface area (Å²) in [5.74, 6) is 1.08. The minimum atomic E-state index is 0.338. The standard InChI is InChI=1S/C16H26N4O/c1-12-7-16(18-11-17-12)20-6-4-5-15(20)10-19-8-13(2)21-14(3)9-19/h7,11,13-15H,4-6,8-10H2,1-3H3/t13-,14-,15-/m1/s1. The van der Waals surface area contributed by atoms with E-state index in [2.05, 4.69) is 39.7 Å². The molecular formula is C16H26N4O. The van der Waals surface area contributed by atoms with Gasteiger partial charge < -0.3 is 9.64 Å². The molecule has 21 heavy (non-hydrogen) atoms. The SMILES string of the molecule is Cc1cc(N2CCC[C@@H]2CN2C[C@@H](C)O[C@H](C)C2)ncn1.